The number of carbonyl (C=O) groups excluding carboxylic acids is 1. The molecule has 1 amide bonds. The molecule has 0 radical (unpaired) electrons. The summed E-state index contributed by atoms with van der Waals surface area (Å²) in [6.07, 6.45) is 10.5. The first-order valence-corrected chi connectivity index (χ1v) is 8.85. The first-order valence-electron chi connectivity index (χ1n) is 8.85. The van der Waals surface area contributed by atoms with Gasteiger partial charge >= 0.3 is 0 Å². The Balaban J connectivity index is 3.78. The topological polar surface area (TPSA) is 20.3 Å². The van der Waals surface area contributed by atoms with Crippen LogP contribution in [0.4, 0.5) is 0 Å². The molecule has 0 heterocycles. The zero-order chi connectivity index (χ0) is 15.4. The van der Waals surface area contributed by atoms with Gasteiger partial charge in [0.15, 0.2) is 0 Å². The molecule has 2 heteroatoms. The van der Waals surface area contributed by atoms with Gasteiger partial charge in [0.2, 0.25) is 5.91 Å². The van der Waals surface area contributed by atoms with Crippen molar-refractivity contribution in [1.29, 1.82) is 0 Å². The first kappa shape index (κ1) is 19.5. The lowest BCUT2D eigenvalue weighted by Gasteiger charge is -2.24. The van der Waals surface area contributed by atoms with Gasteiger partial charge in [0.1, 0.15) is 0 Å². The van der Waals surface area contributed by atoms with Crippen LogP contribution in [0.15, 0.2) is 0 Å². The maximum atomic E-state index is 12.2. The zero-order valence-corrected chi connectivity index (χ0v) is 14.6. The predicted molar refractivity (Wildman–Crippen MR) is 88.9 cm³/mol. The fraction of sp³-hybridized carbons (Fsp3) is 0.944. The van der Waals surface area contributed by atoms with E-state index in [2.05, 4.69) is 34.6 Å². The highest BCUT2D eigenvalue weighted by atomic mass is 16.2. The first-order chi connectivity index (χ1) is 9.56. The SMILES string of the molecule is CCCCCCCC[C@@H](C)C[C@H](C)C(=O)N(CC)CC. The van der Waals surface area contributed by atoms with E-state index in [4.69, 9.17) is 0 Å². The highest BCUT2D eigenvalue weighted by Crippen LogP contribution is 2.20. The molecule has 0 fully saturated rings. The van der Waals surface area contributed by atoms with Gasteiger partial charge in [0, 0.05) is 19.0 Å². The van der Waals surface area contributed by atoms with Gasteiger partial charge in [-0.1, -0.05) is 65.7 Å². The van der Waals surface area contributed by atoms with E-state index in [1.165, 1.54) is 44.9 Å². The quantitative estimate of drug-likeness (QED) is 0.447. The van der Waals surface area contributed by atoms with E-state index < -0.39 is 0 Å². The summed E-state index contributed by atoms with van der Waals surface area (Å²) in [5.74, 6) is 1.20. The summed E-state index contributed by atoms with van der Waals surface area (Å²) in [5.41, 5.74) is 0. The van der Waals surface area contributed by atoms with E-state index in [1.807, 2.05) is 4.90 Å². The number of amides is 1. The Labute approximate surface area is 127 Å². The Morgan fingerprint density at radius 1 is 0.900 bits per heavy atom. The molecule has 2 atom stereocenters. The monoisotopic (exact) mass is 283 g/mol. The lowest BCUT2D eigenvalue weighted by atomic mass is 9.91. The lowest BCUT2D eigenvalue weighted by Crippen LogP contribution is -2.35. The molecule has 0 bridgehead atoms. The molecule has 0 N–H and O–H groups in total. The van der Waals surface area contributed by atoms with Crippen molar-refractivity contribution in [2.45, 2.75) is 86.0 Å². The van der Waals surface area contributed by atoms with Gasteiger partial charge < -0.3 is 4.90 Å². The van der Waals surface area contributed by atoms with Crippen LogP contribution in [0.2, 0.25) is 0 Å². The molecule has 0 unspecified atom stereocenters. The number of nitrogens with zero attached hydrogens (tertiary/aromatic N) is 1. The fourth-order valence-corrected chi connectivity index (χ4v) is 2.94. The van der Waals surface area contributed by atoms with Crippen LogP contribution in [0.1, 0.15) is 86.0 Å². The maximum Gasteiger partial charge on any atom is 0.225 e. The summed E-state index contributed by atoms with van der Waals surface area (Å²) in [6.45, 7) is 12.5. The predicted octanol–water partition coefficient (Wildman–Crippen LogP) is 5.27. The van der Waals surface area contributed by atoms with Crippen LogP contribution in [-0.2, 0) is 4.79 Å². The Hall–Kier alpha value is -0.530. The molecule has 0 aromatic heterocycles. The van der Waals surface area contributed by atoms with Crippen molar-refractivity contribution < 1.29 is 4.79 Å². The molecule has 0 aliphatic rings. The minimum atomic E-state index is 0.185. The normalized spacial score (nSPS) is 14.1. The smallest absolute Gasteiger partial charge is 0.225 e. The summed E-state index contributed by atoms with van der Waals surface area (Å²) < 4.78 is 0. The van der Waals surface area contributed by atoms with E-state index in [-0.39, 0.29) is 5.92 Å². The van der Waals surface area contributed by atoms with Crippen molar-refractivity contribution in [3.05, 3.63) is 0 Å². The standard InChI is InChI=1S/C18H37NO/c1-6-9-10-11-12-13-14-16(4)15-17(5)18(20)19(7-2)8-3/h16-17H,6-15H2,1-5H3/t16-,17+/m1/s1. The Morgan fingerprint density at radius 3 is 2.00 bits per heavy atom. The summed E-state index contributed by atoms with van der Waals surface area (Å²) >= 11 is 0. The average Bonchev–Trinajstić information content (AvgIpc) is 2.43. The summed E-state index contributed by atoms with van der Waals surface area (Å²) in [7, 11) is 0. The highest BCUT2D eigenvalue weighted by molar-refractivity contribution is 5.78. The highest BCUT2D eigenvalue weighted by Gasteiger charge is 2.20. The second-order valence-electron chi connectivity index (χ2n) is 6.31. The number of carbonyl (C=O) groups is 1. The molecule has 0 saturated heterocycles. The zero-order valence-electron chi connectivity index (χ0n) is 14.6. The molecule has 20 heavy (non-hydrogen) atoms. The van der Waals surface area contributed by atoms with Crippen molar-refractivity contribution in [1.82, 2.24) is 4.90 Å². The average molecular weight is 284 g/mol. The molecular formula is C18H37NO. The summed E-state index contributed by atoms with van der Waals surface area (Å²) in [5, 5.41) is 0. The molecule has 0 spiro atoms. The number of hydrogen-bond acceptors (Lipinski definition) is 1. The third kappa shape index (κ3) is 8.60. The van der Waals surface area contributed by atoms with E-state index >= 15 is 0 Å². The van der Waals surface area contributed by atoms with Gasteiger partial charge in [-0.2, -0.15) is 0 Å². The summed E-state index contributed by atoms with van der Waals surface area (Å²) in [6, 6.07) is 0. The Bertz CT molecular complexity index is 236. The van der Waals surface area contributed by atoms with E-state index in [0.717, 1.165) is 19.5 Å². The second kappa shape index (κ2) is 12.2. The number of hydrogen-bond donors (Lipinski definition) is 0. The maximum absolute atomic E-state index is 12.2. The fourth-order valence-electron chi connectivity index (χ4n) is 2.94. The van der Waals surface area contributed by atoms with Crippen LogP contribution in [0.5, 0.6) is 0 Å². The summed E-state index contributed by atoms with van der Waals surface area (Å²) in [4.78, 5) is 14.2. The third-order valence-corrected chi connectivity index (χ3v) is 4.30. The molecule has 0 aliphatic carbocycles. The number of rotatable bonds is 12. The molecule has 0 aromatic carbocycles. The lowest BCUT2D eigenvalue weighted by molar-refractivity contribution is -0.135. The van der Waals surface area contributed by atoms with Gasteiger partial charge in [-0.15, -0.1) is 0 Å². The Kier molecular flexibility index (Phi) is 11.9. The molecular weight excluding hydrogens is 246 g/mol. The molecule has 0 saturated carbocycles. The van der Waals surface area contributed by atoms with Crippen LogP contribution in [0.3, 0.4) is 0 Å². The van der Waals surface area contributed by atoms with Gasteiger partial charge in [-0.25, -0.2) is 0 Å². The Morgan fingerprint density at radius 2 is 1.45 bits per heavy atom. The van der Waals surface area contributed by atoms with Crippen molar-refractivity contribution in [2.24, 2.45) is 11.8 Å². The van der Waals surface area contributed by atoms with Crippen molar-refractivity contribution >= 4 is 5.91 Å². The number of unbranched alkanes of at least 4 members (excludes halogenated alkanes) is 5. The molecule has 0 aliphatic heterocycles. The largest absolute Gasteiger partial charge is 0.343 e. The molecule has 120 valence electrons. The molecule has 0 aromatic rings. The molecule has 2 nitrogen and oxygen atoms in total. The van der Waals surface area contributed by atoms with Crippen LogP contribution in [-0.4, -0.2) is 23.9 Å². The van der Waals surface area contributed by atoms with Gasteiger partial charge in [0.05, 0.1) is 0 Å². The minimum absolute atomic E-state index is 0.185. The second-order valence-corrected chi connectivity index (χ2v) is 6.31. The van der Waals surface area contributed by atoms with Gasteiger partial charge in [-0.3, -0.25) is 4.79 Å². The third-order valence-electron chi connectivity index (χ3n) is 4.30. The van der Waals surface area contributed by atoms with Gasteiger partial charge in [0.25, 0.3) is 0 Å². The molecule has 0 rings (SSSR count). The van der Waals surface area contributed by atoms with Gasteiger partial charge in [-0.05, 0) is 26.2 Å². The minimum Gasteiger partial charge on any atom is -0.343 e. The van der Waals surface area contributed by atoms with Crippen LogP contribution in [0, 0.1) is 11.8 Å². The van der Waals surface area contributed by atoms with E-state index in [1.54, 1.807) is 0 Å². The van der Waals surface area contributed by atoms with E-state index in [0.29, 0.717) is 11.8 Å². The van der Waals surface area contributed by atoms with Crippen LogP contribution < -0.4 is 0 Å². The van der Waals surface area contributed by atoms with Crippen LogP contribution in [0.25, 0.3) is 0 Å². The van der Waals surface area contributed by atoms with E-state index in [9.17, 15) is 4.79 Å². The van der Waals surface area contributed by atoms with Crippen molar-refractivity contribution in [3.8, 4) is 0 Å². The van der Waals surface area contributed by atoms with Crippen molar-refractivity contribution in [2.75, 3.05) is 13.1 Å². The van der Waals surface area contributed by atoms with Crippen molar-refractivity contribution in [3.63, 3.8) is 0 Å². The van der Waals surface area contributed by atoms with Crippen LogP contribution >= 0.6 is 0 Å².